The van der Waals surface area contributed by atoms with E-state index in [1.54, 1.807) is 0 Å². The highest BCUT2D eigenvalue weighted by Gasteiger charge is 2.25. The standard InChI is InChI=1S/C11H14N4O2S/c1-18(16,17)15-7-6-11(13-14-12)10-5-3-2-4-9(10)8-15/h2-5,11H,6-8H2,1H3. The number of hydrogen-bond donors (Lipinski definition) is 0. The van der Waals surface area contributed by atoms with Crippen molar-refractivity contribution in [3.63, 3.8) is 0 Å². The minimum absolute atomic E-state index is 0.294. The van der Waals surface area contributed by atoms with Crippen LogP contribution >= 0.6 is 0 Å². The maximum atomic E-state index is 11.6. The van der Waals surface area contributed by atoms with Gasteiger partial charge in [-0.25, -0.2) is 8.42 Å². The van der Waals surface area contributed by atoms with Gasteiger partial charge in [-0.15, -0.1) is 0 Å². The Balaban J connectivity index is 2.44. The Kier molecular flexibility index (Phi) is 3.56. The fourth-order valence-corrected chi connectivity index (χ4v) is 2.97. The lowest BCUT2D eigenvalue weighted by molar-refractivity contribution is 0.405. The van der Waals surface area contributed by atoms with Gasteiger partial charge in [0, 0.05) is 18.0 Å². The van der Waals surface area contributed by atoms with E-state index >= 15 is 0 Å². The van der Waals surface area contributed by atoms with Crippen LogP contribution in [-0.2, 0) is 16.6 Å². The van der Waals surface area contributed by atoms with Gasteiger partial charge < -0.3 is 0 Å². The van der Waals surface area contributed by atoms with E-state index in [0.717, 1.165) is 11.1 Å². The molecule has 0 fully saturated rings. The van der Waals surface area contributed by atoms with Crippen molar-refractivity contribution in [1.29, 1.82) is 0 Å². The lowest BCUT2D eigenvalue weighted by Crippen LogP contribution is -2.29. The first-order valence-corrected chi connectivity index (χ1v) is 7.44. The van der Waals surface area contributed by atoms with Crippen molar-refractivity contribution in [2.75, 3.05) is 12.8 Å². The van der Waals surface area contributed by atoms with Crippen molar-refractivity contribution in [2.24, 2.45) is 5.11 Å². The van der Waals surface area contributed by atoms with Gasteiger partial charge in [0.15, 0.2) is 0 Å². The van der Waals surface area contributed by atoms with Crippen molar-refractivity contribution in [3.8, 4) is 0 Å². The molecular weight excluding hydrogens is 252 g/mol. The summed E-state index contributed by atoms with van der Waals surface area (Å²) in [6, 6.07) is 7.20. The Labute approximate surface area is 106 Å². The van der Waals surface area contributed by atoms with Crippen LogP contribution in [0.5, 0.6) is 0 Å². The molecule has 6 nitrogen and oxygen atoms in total. The number of benzene rings is 1. The van der Waals surface area contributed by atoms with Gasteiger partial charge in [0.2, 0.25) is 10.0 Å². The predicted molar refractivity (Wildman–Crippen MR) is 68.2 cm³/mol. The van der Waals surface area contributed by atoms with Gasteiger partial charge in [0.05, 0.1) is 12.3 Å². The zero-order valence-electron chi connectivity index (χ0n) is 10.0. The minimum Gasteiger partial charge on any atom is -0.212 e. The molecule has 0 aliphatic carbocycles. The highest BCUT2D eigenvalue weighted by Crippen LogP contribution is 2.30. The second-order valence-corrected chi connectivity index (χ2v) is 6.29. The lowest BCUT2D eigenvalue weighted by Gasteiger charge is -2.17. The summed E-state index contributed by atoms with van der Waals surface area (Å²) in [4.78, 5) is 2.84. The zero-order chi connectivity index (χ0) is 13.2. The molecule has 1 aromatic carbocycles. The molecular formula is C11H14N4O2S. The smallest absolute Gasteiger partial charge is 0.211 e. The summed E-state index contributed by atoms with van der Waals surface area (Å²) in [6.07, 6.45) is 1.71. The van der Waals surface area contributed by atoms with E-state index in [1.165, 1.54) is 10.6 Å². The summed E-state index contributed by atoms with van der Waals surface area (Å²) in [5.41, 5.74) is 10.4. The van der Waals surface area contributed by atoms with Crippen LogP contribution < -0.4 is 0 Å². The first kappa shape index (κ1) is 12.9. The predicted octanol–water partition coefficient (Wildman–Crippen LogP) is 2.20. The quantitative estimate of drug-likeness (QED) is 0.467. The Morgan fingerprint density at radius 2 is 2.17 bits per heavy atom. The molecule has 18 heavy (non-hydrogen) atoms. The number of fused-ring (bicyclic) bond motifs is 1. The van der Waals surface area contributed by atoms with E-state index in [9.17, 15) is 8.42 Å². The van der Waals surface area contributed by atoms with Gasteiger partial charge in [0.1, 0.15) is 0 Å². The van der Waals surface area contributed by atoms with Gasteiger partial charge in [0.25, 0.3) is 0 Å². The molecule has 0 N–H and O–H groups in total. The van der Waals surface area contributed by atoms with Crippen LogP contribution in [-0.4, -0.2) is 25.5 Å². The van der Waals surface area contributed by atoms with Gasteiger partial charge >= 0.3 is 0 Å². The zero-order valence-corrected chi connectivity index (χ0v) is 10.8. The third-order valence-corrected chi connectivity index (χ3v) is 4.32. The molecule has 0 saturated carbocycles. The van der Waals surface area contributed by atoms with Crippen molar-refractivity contribution >= 4 is 10.0 Å². The summed E-state index contributed by atoms with van der Waals surface area (Å²) in [7, 11) is -3.23. The molecule has 0 bridgehead atoms. The van der Waals surface area contributed by atoms with Gasteiger partial charge in [-0.3, -0.25) is 0 Å². The maximum Gasteiger partial charge on any atom is 0.211 e. The highest BCUT2D eigenvalue weighted by atomic mass is 32.2. The monoisotopic (exact) mass is 266 g/mol. The summed E-state index contributed by atoms with van der Waals surface area (Å²) >= 11 is 0. The van der Waals surface area contributed by atoms with E-state index < -0.39 is 10.0 Å². The Morgan fingerprint density at radius 1 is 1.44 bits per heavy atom. The van der Waals surface area contributed by atoms with Crippen molar-refractivity contribution in [1.82, 2.24) is 4.31 Å². The fourth-order valence-electron chi connectivity index (χ4n) is 2.16. The lowest BCUT2D eigenvalue weighted by atomic mass is 10.0. The third-order valence-electron chi connectivity index (χ3n) is 3.07. The van der Waals surface area contributed by atoms with Gasteiger partial charge in [-0.05, 0) is 23.1 Å². The average Bonchev–Trinajstić information content (AvgIpc) is 2.49. The molecule has 0 amide bonds. The molecule has 1 unspecified atom stereocenters. The van der Waals surface area contributed by atoms with Gasteiger partial charge in [-0.1, -0.05) is 29.4 Å². The molecule has 0 saturated heterocycles. The number of rotatable bonds is 2. The first-order chi connectivity index (χ1) is 8.52. The van der Waals surface area contributed by atoms with E-state index in [2.05, 4.69) is 10.0 Å². The molecule has 7 heteroatoms. The summed E-state index contributed by atoms with van der Waals surface area (Å²) in [5, 5.41) is 3.76. The topological polar surface area (TPSA) is 86.1 Å². The first-order valence-electron chi connectivity index (χ1n) is 5.59. The molecule has 0 spiro atoms. The molecule has 1 aromatic rings. The third kappa shape index (κ3) is 2.64. The molecule has 1 atom stereocenters. The van der Waals surface area contributed by atoms with Crippen LogP contribution in [0.4, 0.5) is 0 Å². The molecule has 2 rings (SSSR count). The van der Waals surface area contributed by atoms with Crippen molar-refractivity contribution in [3.05, 3.63) is 45.8 Å². The van der Waals surface area contributed by atoms with E-state index in [0.29, 0.717) is 19.5 Å². The molecule has 0 aromatic heterocycles. The summed E-state index contributed by atoms with van der Waals surface area (Å²) in [5.74, 6) is 0. The Hall–Kier alpha value is -1.56. The van der Waals surface area contributed by atoms with E-state index in [-0.39, 0.29) is 6.04 Å². The average molecular weight is 266 g/mol. The van der Waals surface area contributed by atoms with Crippen molar-refractivity contribution < 1.29 is 8.42 Å². The van der Waals surface area contributed by atoms with Crippen LogP contribution in [0.3, 0.4) is 0 Å². The second kappa shape index (κ2) is 4.97. The molecule has 1 heterocycles. The molecule has 1 aliphatic rings. The van der Waals surface area contributed by atoms with Crippen LogP contribution in [0.2, 0.25) is 0 Å². The maximum absolute atomic E-state index is 11.6. The summed E-state index contributed by atoms with van der Waals surface area (Å²) in [6.45, 7) is 0.712. The highest BCUT2D eigenvalue weighted by molar-refractivity contribution is 7.88. The number of azide groups is 1. The Morgan fingerprint density at radius 3 is 2.83 bits per heavy atom. The minimum atomic E-state index is -3.23. The van der Waals surface area contributed by atoms with E-state index in [1.807, 2.05) is 24.3 Å². The Bertz CT molecular complexity index is 593. The molecule has 1 aliphatic heterocycles. The summed E-state index contributed by atoms with van der Waals surface area (Å²) < 4.78 is 24.7. The van der Waals surface area contributed by atoms with Crippen LogP contribution in [0.25, 0.3) is 10.4 Å². The number of sulfonamides is 1. The van der Waals surface area contributed by atoms with Crippen molar-refractivity contribution in [2.45, 2.75) is 19.0 Å². The number of hydrogen-bond acceptors (Lipinski definition) is 3. The molecule has 0 radical (unpaired) electrons. The van der Waals surface area contributed by atoms with Crippen LogP contribution in [0.15, 0.2) is 29.4 Å². The molecule has 96 valence electrons. The second-order valence-electron chi connectivity index (χ2n) is 4.30. The fraction of sp³-hybridized carbons (Fsp3) is 0.455. The van der Waals surface area contributed by atoms with E-state index in [4.69, 9.17) is 5.53 Å². The SMILES string of the molecule is CS(=O)(=O)N1CCC(N=[N+]=[N-])c2ccccc2C1. The number of nitrogens with zero attached hydrogens (tertiary/aromatic N) is 4. The van der Waals surface area contributed by atoms with Gasteiger partial charge in [-0.2, -0.15) is 4.31 Å². The van der Waals surface area contributed by atoms with Crippen LogP contribution in [0.1, 0.15) is 23.6 Å². The van der Waals surface area contributed by atoms with Crippen LogP contribution in [0, 0.1) is 0 Å². The normalized spacial score (nSPS) is 20.6. The largest absolute Gasteiger partial charge is 0.212 e.